The average Bonchev–Trinajstić information content (AvgIpc) is 3.65. The minimum Gasteiger partial charge on any atom is -0.465 e. The van der Waals surface area contributed by atoms with E-state index in [9.17, 15) is 14.4 Å². The Morgan fingerprint density at radius 3 is 2.68 bits per heavy atom. The van der Waals surface area contributed by atoms with Gasteiger partial charge < -0.3 is 13.9 Å². The summed E-state index contributed by atoms with van der Waals surface area (Å²) >= 11 is 2.68. The van der Waals surface area contributed by atoms with Gasteiger partial charge in [0, 0.05) is 16.5 Å². The fourth-order valence-corrected chi connectivity index (χ4v) is 6.05. The third-order valence-corrected chi connectivity index (χ3v) is 7.74. The van der Waals surface area contributed by atoms with E-state index in [0.717, 1.165) is 4.88 Å². The number of rotatable bonds is 6. The molecule has 10 heteroatoms. The predicted octanol–water partition coefficient (Wildman–Crippen LogP) is 3.91. The maximum absolute atomic E-state index is 13.6. The monoisotopic (exact) mass is 534 g/mol. The number of thiophene rings is 1. The molecule has 4 heterocycles. The summed E-state index contributed by atoms with van der Waals surface area (Å²) in [4.78, 5) is 44.6. The molecular formula is C27H22N2O6S2. The number of fused-ring (bicyclic) bond motifs is 1. The van der Waals surface area contributed by atoms with Crippen molar-refractivity contribution in [3.05, 3.63) is 101 Å². The van der Waals surface area contributed by atoms with E-state index in [2.05, 4.69) is 4.99 Å². The zero-order valence-corrected chi connectivity index (χ0v) is 21.9. The highest BCUT2D eigenvalue weighted by atomic mass is 32.1. The number of hydrogen-bond acceptors (Lipinski definition) is 9. The minimum absolute atomic E-state index is 0.219. The standard InChI is InChI=1S/C27H22N2O6S2/c1-4-34-26(32)22-15(2)28-27-29(23(22)20-10-7-13-36-20)24(30)21(37-27)14-16-11-12-19(35-16)17-8-5-6-9-18(17)25(31)33-3/h5-14,23H,4H2,1-3H3/b21-14+. The van der Waals surface area contributed by atoms with Gasteiger partial charge in [-0.05, 0) is 43.5 Å². The SMILES string of the molecule is CCOC(=O)C1=C(C)N=c2s/c(=C/c3ccc(-c4ccccc4C(=O)OC)o3)c(=O)n2C1c1cccs1. The van der Waals surface area contributed by atoms with E-state index in [1.54, 1.807) is 56.3 Å². The highest BCUT2D eigenvalue weighted by Gasteiger charge is 2.33. The Morgan fingerprint density at radius 1 is 1.14 bits per heavy atom. The van der Waals surface area contributed by atoms with Gasteiger partial charge in [-0.15, -0.1) is 11.3 Å². The molecule has 1 aliphatic heterocycles. The number of carbonyl (C=O) groups excluding carboxylic acids is 2. The fourth-order valence-electron chi connectivity index (χ4n) is 4.20. The van der Waals surface area contributed by atoms with Crippen LogP contribution < -0.4 is 14.9 Å². The van der Waals surface area contributed by atoms with Crippen LogP contribution in [0.3, 0.4) is 0 Å². The Kier molecular flexibility index (Phi) is 6.77. The smallest absolute Gasteiger partial charge is 0.338 e. The van der Waals surface area contributed by atoms with E-state index in [0.29, 0.717) is 43.3 Å². The molecule has 3 aromatic heterocycles. The summed E-state index contributed by atoms with van der Waals surface area (Å²) in [5.74, 6) is -0.0505. The lowest BCUT2D eigenvalue weighted by molar-refractivity contribution is -0.139. The number of benzene rings is 1. The number of ether oxygens (including phenoxy) is 2. The van der Waals surface area contributed by atoms with Crippen molar-refractivity contribution in [2.75, 3.05) is 13.7 Å². The molecule has 1 aliphatic rings. The maximum Gasteiger partial charge on any atom is 0.338 e. The molecule has 188 valence electrons. The van der Waals surface area contributed by atoms with Gasteiger partial charge in [0.1, 0.15) is 17.6 Å². The van der Waals surface area contributed by atoms with Crippen molar-refractivity contribution in [3.63, 3.8) is 0 Å². The summed E-state index contributed by atoms with van der Waals surface area (Å²) in [6.45, 7) is 3.71. The van der Waals surface area contributed by atoms with Crippen LogP contribution >= 0.6 is 22.7 Å². The van der Waals surface area contributed by atoms with Gasteiger partial charge in [0.05, 0.1) is 35.1 Å². The Labute approximate surface area is 219 Å². The molecule has 0 saturated carbocycles. The van der Waals surface area contributed by atoms with Crippen molar-refractivity contribution < 1.29 is 23.5 Å². The summed E-state index contributed by atoms with van der Waals surface area (Å²) in [6, 6.07) is 13.6. The molecule has 0 spiro atoms. The number of hydrogen-bond donors (Lipinski definition) is 0. The van der Waals surface area contributed by atoms with Crippen LogP contribution in [0.15, 0.2) is 79.4 Å². The second-order valence-electron chi connectivity index (χ2n) is 8.06. The second kappa shape index (κ2) is 10.2. The van der Waals surface area contributed by atoms with Crippen LogP contribution in [0.1, 0.15) is 40.9 Å². The molecule has 0 aliphatic carbocycles. The average molecular weight is 535 g/mol. The van der Waals surface area contributed by atoms with E-state index in [4.69, 9.17) is 13.9 Å². The molecule has 0 fully saturated rings. The first-order valence-electron chi connectivity index (χ1n) is 11.4. The third-order valence-electron chi connectivity index (χ3n) is 5.83. The third kappa shape index (κ3) is 4.49. The molecule has 8 nitrogen and oxygen atoms in total. The van der Waals surface area contributed by atoms with Crippen molar-refractivity contribution in [1.82, 2.24) is 4.57 Å². The lowest BCUT2D eigenvalue weighted by Gasteiger charge is -2.23. The molecule has 4 aromatic rings. The zero-order chi connectivity index (χ0) is 26.1. The maximum atomic E-state index is 13.6. The molecule has 1 unspecified atom stereocenters. The van der Waals surface area contributed by atoms with E-state index >= 15 is 0 Å². The number of thiazole rings is 1. The summed E-state index contributed by atoms with van der Waals surface area (Å²) < 4.78 is 18.1. The van der Waals surface area contributed by atoms with Gasteiger partial charge in [-0.25, -0.2) is 14.6 Å². The summed E-state index contributed by atoms with van der Waals surface area (Å²) in [5.41, 5.74) is 1.54. The fraction of sp³-hybridized carbons (Fsp3) is 0.185. The number of aromatic nitrogens is 1. The quantitative estimate of drug-likeness (QED) is 0.348. The van der Waals surface area contributed by atoms with E-state index in [1.807, 2.05) is 17.5 Å². The molecule has 1 aromatic carbocycles. The van der Waals surface area contributed by atoms with Gasteiger partial charge in [-0.3, -0.25) is 9.36 Å². The molecule has 0 bridgehead atoms. The molecule has 0 saturated heterocycles. The topological polar surface area (TPSA) is 100 Å². The molecule has 0 N–H and O–H groups in total. The van der Waals surface area contributed by atoms with Crippen molar-refractivity contribution in [2.24, 2.45) is 4.99 Å². The van der Waals surface area contributed by atoms with E-state index < -0.39 is 18.0 Å². The molecule has 37 heavy (non-hydrogen) atoms. The van der Waals surface area contributed by atoms with Crippen LogP contribution in [0.25, 0.3) is 17.4 Å². The van der Waals surface area contributed by atoms with Crippen LogP contribution in [-0.2, 0) is 14.3 Å². The van der Waals surface area contributed by atoms with Crippen LogP contribution in [0.4, 0.5) is 0 Å². The Morgan fingerprint density at radius 2 is 1.95 bits per heavy atom. The first-order chi connectivity index (χ1) is 17.9. The van der Waals surface area contributed by atoms with Gasteiger partial charge >= 0.3 is 11.9 Å². The number of furan rings is 1. The summed E-state index contributed by atoms with van der Waals surface area (Å²) in [6.07, 6.45) is 1.64. The summed E-state index contributed by atoms with van der Waals surface area (Å²) in [5, 5.41) is 1.90. The first-order valence-corrected chi connectivity index (χ1v) is 13.1. The molecule has 5 rings (SSSR count). The van der Waals surface area contributed by atoms with E-state index in [1.165, 1.54) is 34.4 Å². The number of carbonyl (C=O) groups is 2. The Hall–Kier alpha value is -4.02. The van der Waals surface area contributed by atoms with Crippen molar-refractivity contribution in [1.29, 1.82) is 0 Å². The molecule has 0 radical (unpaired) electrons. The first kappa shape index (κ1) is 24.7. The summed E-state index contributed by atoms with van der Waals surface area (Å²) in [7, 11) is 1.32. The Balaban J connectivity index is 1.61. The zero-order valence-electron chi connectivity index (χ0n) is 20.2. The van der Waals surface area contributed by atoms with Crippen LogP contribution in [0.2, 0.25) is 0 Å². The van der Waals surface area contributed by atoms with Gasteiger partial charge in [-0.2, -0.15) is 0 Å². The minimum atomic E-state index is -0.628. The highest BCUT2D eigenvalue weighted by molar-refractivity contribution is 7.10. The van der Waals surface area contributed by atoms with Gasteiger partial charge in [-0.1, -0.05) is 35.6 Å². The lowest BCUT2D eigenvalue weighted by Crippen LogP contribution is -2.39. The van der Waals surface area contributed by atoms with Crippen molar-refractivity contribution in [2.45, 2.75) is 19.9 Å². The lowest BCUT2D eigenvalue weighted by atomic mass is 10.0. The largest absolute Gasteiger partial charge is 0.465 e. The van der Waals surface area contributed by atoms with Crippen molar-refractivity contribution >= 4 is 40.7 Å². The number of nitrogens with zero attached hydrogens (tertiary/aromatic N) is 2. The van der Waals surface area contributed by atoms with Crippen LogP contribution in [0.5, 0.6) is 0 Å². The molecule has 0 amide bonds. The second-order valence-corrected chi connectivity index (χ2v) is 10.0. The van der Waals surface area contributed by atoms with E-state index in [-0.39, 0.29) is 12.2 Å². The van der Waals surface area contributed by atoms with Crippen LogP contribution in [-0.4, -0.2) is 30.2 Å². The highest BCUT2D eigenvalue weighted by Crippen LogP contribution is 2.33. The number of allylic oxidation sites excluding steroid dienone is 1. The normalized spacial score (nSPS) is 15.3. The number of methoxy groups -OCH3 is 1. The van der Waals surface area contributed by atoms with Crippen LogP contribution in [0, 0.1) is 0 Å². The Bertz CT molecular complexity index is 1710. The molecular weight excluding hydrogens is 512 g/mol. The molecule has 1 atom stereocenters. The van der Waals surface area contributed by atoms with Crippen molar-refractivity contribution in [3.8, 4) is 11.3 Å². The predicted molar refractivity (Wildman–Crippen MR) is 140 cm³/mol. The van der Waals surface area contributed by atoms with Gasteiger partial charge in [0.25, 0.3) is 5.56 Å². The van der Waals surface area contributed by atoms with Gasteiger partial charge in [0.2, 0.25) is 0 Å². The number of esters is 2. The van der Waals surface area contributed by atoms with Gasteiger partial charge in [0.15, 0.2) is 4.80 Å².